The van der Waals surface area contributed by atoms with Gasteiger partial charge in [-0.1, -0.05) is 50.2 Å². The molecule has 2 N–H and O–H groups in total. The van der Waals surface area contributed by atoms with Crippen molar-refractivity contribution in [3.63, 3.8) is 0 Å². The van der Waals surface area contributed by atoms with Crippen LogP contribution in [0.15, 0.2) is 53.4 Å². The van der Waals surface area contributed by atoms with Crippen molar-refractivity contribution < 1.29 is 27.5 Å². The third-order valence-electron chi connectivity index (χ3n) is 5.15. The van der Waals surface area contributed by atoms with Crippen molar-refractivity contribution >= 4 is 27.8 Å². The van der Waals surface area contributed by atoms with Crippen LogP contribution in [0.25, 0.3) is 0 Å². The number of nitrogens with one attached hydrogen (secondary N) is 2. The zero-order valence-electron chi connectivity index (χ0n) is 20.0. The average Bonchev–Trinajstić information content (AvgIpc) is 2.79. The van der Waals surface area contributed by atoms with Crippen molar-refractivity contribution in [1.29, 1.82) is 0 Å². The highest BCUT2D eigenvalue weighted by Gasteiger charge is 2.27. The van der Waals surface area contributed by atoms with Crippen molar-refractivity contribution in [2.45, 2.75) is 38.3 Å². The average molecular weight is 490 g/mol. The van der Waals surface area contributed by atoms with Crippen LogP contribution >= 0.6 is 0 Å². The summed E-state index contributed by atoms with van der Waals surface area (Å²) in [4.78, 5) is 37.5. The summed E-state index contributed by atoms with van der Waals surface area (Å²) in [7, 11) is -0.836. The Balaban J connectivity index is 1.97. The minimum absolute atomic E-state index is 0.0583. The van der Waals surface area contributed by atoms with Gasteiger partial charge in [0.2, 0.25) is 10.0 Å². The van der Waals surface area contributed by atoms with Gasteiger partial charge in [0.25, 0.3) is 11.8 Å². The summed E-state index contributed by atoms with van der Waals surface area (Å²) in [6.45, 7) is 4.69. The molecule has 0 saturated carbocycles. The van der Waals surface area contributed by atoms with Crippen LogP contribution in [0.1, 0.15) is 35.3 Å². The van der Waals surface area contributed by atoms with Crippen LogP contribution in [0.4, 0.5) is 0 Å². The molecule has 2 rings (SSSR count). The molecule has 10 heteroatoms. The molecule has 0 spiro atoms. The van der Waals surface area contributed by atoms with Gasteiger partial charge in [-0.3, -0.25) is 9.59 Å². The summed E-state index contributed by atoms with van der Waals surface area (Å²) >= 11 is 0. The molecule has 184 valence electrons. The van der Waals surface area contributed by atoms with E-state index in [0.29, 0.717) is 11.1 Å². The summed E-state index contributed by atoms with van der Waals surface area (Å²) in [5.41, 5.74) is 1.62. The lowest BCUT2D eigenvalue weighted by Crippen LogP contribution is -2.46. The second-order valence-electron chi connectivity index (χ2n) is 8.29. The molecule has 0 aliphatic heterocycles. The third kappa shape index (κ3) is 6.88. The Hall–Kier alpha value is -3.24. The molecule has 0 bridgehead atoms. The monoisotopic (exact) mass is 489 g/mol. The van der Waals surface area contributed by atoms with E-state index in [1.807, 2.05) is 6.07 Å². The summed E-state index contributed by atoms with van der Waals surface area (Å²) < 4.78 is 31.2. The summed E-state index contributed by atoms with van der Waals surface area (Å²) in [6.07, 6.45) is 0. The number of hydrogen-bond donors (Lipinski definition) is 2. The van der Waals surface area contributed by atoms with E-state index >= 15 is 0 Å². The number of hydrogen-bond acceptors (Lipinski definition) is 6. The van der Waals surface area contributed by atoms with Gasteiger partial charge in [0.05, 0.1) is 4.90 Å². The fraction of sp³-hybridized carbons (Fsp3) is 0.375. The van der Waals surface area contributed by atoms with Crippen LogP contribution < -0.4 is 10.6 Å². The maximum atomic E-state index is 12.6. The largest absolute Gasteiger partial charge is 0.454 e. The van der Waals surface area contributed by atoms with Crippen molar-refractivity contribution in [3.8, 4) is 0 Å². The lowest BCUT2D eigenvalue weighted by atomic mass is 10.0. The highest BCUT2D eigenvalue weighted by Crippen LogP contribution is 2.18. The van der Waals surface area contributed by atoms with Gasteiger partial charge in [0.1, 0.15) is 6.04 Å². The third-order valence-corrected chi connectivity index (χ3v) is 7.07. The van der Waals surface area contributed by atoms with Gasteiger partial charge < -0.3 is 15.4 Å². The highest BCUT2D eigenvalue weighted by molar-refractivity contribution is 7.89. The van der Waals surface area contributed by atoms with E-state index in [4.69, 9.17) is 4.74 Å². The van der Waals surface area contributed by atoms with Crippen LogP contribution in [-0.4, -0.2) is 57.3 Å². The van der Waals surface area contributed by atoms with E-state index in [1.165, 1.54) is 20.2 Å². The van der Waals surface area contributed by atoms with E-state index in [0.717, 1.165) is 9.87 Å². The number of amides is 2. The maximum Gasteiger partial charge on any atom is 0.329 e. The number of benzene rings is 2. The quantitative estimate of drug-likeness (QED) is 0.491. The van der Waals surface area contributed by atoms with Gasteiger partial charge in [0, 0.05) is 26.2 Å². The van der Waals surface area contributed by atoms with E-state index < -0.39 is 40.5 Å². The van der Waals surface area contributed by atoms with Gasteiger partial charge in [-0.25, -0.2) is 17.5 Å². The molecule has 0 fully saturated rings. The van der Waals surface area contributed by atoms with Crippen LogP contribution in [0.5, 0.6) is 0 Å². The topological polar surface area (TPSA) is 122 Å². The van der Waals surface area contributed by atoms with E-state index in [-0.39, 0.29) is 17.4 Å². The molecule has 0 aromatic heterocycles. The molecule has 0 radical (unpaired) electrons. The van der Waals surface area contributed by atoms with Gasteiger partial charge in [-0.2, -0.15) is 0 Å². The van der Waals surface area contributed by atoms with Gasteiger partial charge in [0.15, 0.2) is 6.61 Å². The minimum atomic E-state index is -3.68. The fourth-order valence-electron chi connectivity index (χ4n) is 3.11. The second-order valence-corrected chi connectivity index (χ2v) is 10.4. The molecular weight excluding hydrogens is 458 g/mol. The number of aryl methyl sites for hydroxylation is 1. The van der Waals surface area contributed by atoms with Crippen LogP contribution in [-0.2, 0) is 30.9 Å². The first-order chi connectivity index (χ1) is 15.9. The van der Waals surface area contributed by atoms with E-state index in [1.54, 1.807) is 57.2 Å². The Labute approximate surface area is 200 Å². The lowest BCUT2D eigenvalue weighted by Gasteiger charge is -2.21. The minimum Gasteiger partial charge on any atom is -0.454 e. The first-order valence-electron chi connectivity index (χ1n) is 10.8. The molecule has 0 aliphatic rings. The van der Waals surface area contributed by atoms with Crippen molar-refractivity contribution in [1.82, 2.24) is 14.9 Å². The van der Waals surface area contributed by atoms with Gasteiger partial charge in [-0.15, -0.1) is 0 Å². The molecular formula is C24H31N3O6S. The molecule has 9 nitrogen and oxygen atoms in total. The van der Waals surface area contributed by atoms with Crippen LogP contribution in [0.3, 0.4) is 0 Å². The first kappa shape index (κ1) is 27.0. The number of sulfonamides is 1. The molecule has 2 aromatic carbocycles. The van der Waals surface area contributed by atoms with E-state index in [9.17, 15) is 22.8 Å². The Kier molecular flexibility index (Phi) is 9.34. The normalized spacial score (nSPS) is 12.3. The Morgan fingerprint density at radius 2 is 1.62 bits per heavy atom. The second kappa shape index (κ2) is 11.8. The summed E-state index contributed by atoms with van der Waals surface area (Å²) in [6, 6.07) is 12.4. The predicted octanol–water partition coefficient (Wildman–Crippen LogP) is 1.86. The smallest absolute Gasteiger partial charge is 0.329 e. The lowest BCUT2D eigenvalue weighted by molar-refractivity contribution is -0.151. The molecule has 0 saturated heterocycles. The van der Waals surface area contributed by atoms with Crippen LogP contribution in [0, 0.1) is 12.8 Å². The van der Waals surface area contributed by atoms with Gasteiger partial charge >= 0.3 is 5.97 Å². The zero-order chi connectivity index (χ0) is 25.5. The van der Waals surface area contributed by atoms with Crippen molar-refractivity contribution in [2.24, 2.45) is 5.92 Å². The van der Waals surface area contributed by atoms with Crippen molar-refractivity contribution in [2.75, 3.05) is 20.7 Å². The standard InChI is InChI=1S/C24H31N3O6S/c1-16(2)22(26-23(29)19-12-8-6-10-17(19)3)24(30)33-15-21(28)25-14-18-11-7-9-13-20(18)34(31,32)27(4)5/h6-13,16,22H,14-15H2,1-5H3,(H,25,28)(H,26,29)/t22-/m0/s1. The summed E-state index contributed by atoms with van der Waals surface area (Å²) in [5, 5.41) is 5.23. The zero-order valence-corrected chi connectivity index (χ0v) is 20.8. The maximum absolute atomic E-state index is 12.6. The molecule has 34 heavy (non-hydrogen) atoms. The van der Waals surface area contributed by atoms with E-state index in [2.05, 4.69) is 10.6 Å². The fourth-order valence-corrected chi connectivity index (χ4v) is 4.23. The number of ether oxygens (including phenoxy) is 1. The number of nitrogens with zero attached hydrogens (tertiary/aromatic N) is 1. The Morgan fingerprint density at radius 3 is 2.24 bits per heavy atom. The van der Waals surface area contributed by atoms with Gasteiger partial charge in [-0.05, 0) is 36.1 Å². The molecule has 2 aromatic rings. The number of esters is 1. The molecule has 2 amide bonds. The molecule has 0 heterocycles. The summed E-state index contributed by atoms with van der Waals surface area (Å²) in [5.74, 6) is -2.01. The highest BCUT2D eigenvalue weighted by atomic mass is 32.2. The SMILES string of the molecule is Cc1ccccc1C(=O)N[C@H](C(=O)OCC(=O)NCc1ccccc1S(=O)(=O)N(C)C)C(C)C. The Bertz CT molecular complexity index is 1140. The number of carbonyl (C=O) groups is 3. The molecule has 0 aliphatic carbocycles. The van der Waals surface area contributed by atoms with Crippen molar-refractivity contribution in [3.05, 3.63) is 65.2 Å². The molecule has 0 unspecified atom stereocenters. The number of carbonyl (C=O) groups excluding carboxylic acids is 3. The van der Waals surface area contributed by atoms with Crippen LogP contribution in [0.2, 0.25) is 0 Å². The predicted molar refractivity (Wildman–Crippen MR) is 127 cm³/mol. The number of rotatable bonds is 10. The first-order valence-corrected chi connectivity index (χ1v) is 12.2. The Morgan fingerprint density at radius 1 is 1.00 bits per heavy atom. The molecule has 1 atom stereocenters.